The lowest BCUT2D eigenvalue weighted by atomic mass is 10.2. The normalized spacial score (nSPS) is 17.4. The minimum Gasteiger partial charge on any atom is -0.294 e. The van der Waals surface area contributed by atoms with E-state index >= 15 is 0 Å². The molecular formula is C17H22N2O4S3. The van der Waals surface area contributed by atoms with Gasteiger partial charge < -0.3 is 0 Å². The second-order valence-corrected chi connectivity index (χ2v) is 11.1. The van der Waals surface area contributed by atoms with E-state index in [4.69, 9.17) is 0 Å². The Hall–Kier alpha value is -1.26. The van der Waals surface area contributed by atoms with Gasteiger partial charge in [0.1, 0.15) is 0 Å². The third-order valence-electron chi connectivity index (χ3n) is 4.46. The molecule has 0 amide bonds. The summed E-state index contributed by atoms with van der Waals surface area (Å²) in [5, 5.41) is 1.99. The molecule has 2 heterocycles. The largest absolute Gasteiger partial charge is 0.294 e. The molecule has 1 saturated heterocycles. The highest BCUT2D eigenvalue weighted by Crippen LogP contribution is 2.28. The summed E-state index contributed by atoms with van der Waals surface area (Å²) in [6, 6.07) is 9.43. The number of sulfone groups is 1. The van der Waals surface area contributed by atoms with E-state index in [2.05, 4.69) is 9.62 Å². The first-order valence-corrected chi connectivity index (χ1v) is 12.6. The van der Waals surface area contributed by atoms with Crippen LogP contribution < -0.4 is 4.72 Å². The molecule has 26 heavy (non-hydrogen) atoms. The van der Waals surface area contributed by atoms with Gasteiger partial charge in [0.15, 0.2) is 9.84 Å². The fraction of sp³-hybridized carbons (Fsp3) is 0.412. The molecule has 2 aromatic rings. The van der Waals surface area contributed by atoms with Crippen LogP contribution in [-0.4, -0.2) is 47.6 Å². The van der Waals surface area contributed by atoms with E-state index in [1.165, 1.54) is 24.3 Å². The summed E-state index contributed by atoms with van der Waals surface area (Å²) in [6.45, 7) is 2.16. The maximum atomic E-state index is 12.7. The van der Waals surface area contributed by atoms with Gasteiger partial charge in [0.25, 0.3) is 0 Å². The molecule has 1 N–H and O–H groups in total. The van der Waals surface area contributed by atoms with E-state index in [1.807, 2.05) is 17.5 Å². The van der Waals surface area contributed by atoms with E-state index in [0.29, 0.717) is 0 Å². The smallest absolute Gasteiger partial charge is 0.240 e. The van der Waals surface area contributed by atoms with E-state index in [-0.39, 0.29) is 22.4 Å². The van der Waals surface area contributed by atoms with Crippen LogP contribution in [0, 0.1) is 0 Å². The molecule has 1 atom stereocenters. The van der Waals surface area contributed by atoms with Crippen LogP contribution in [0.5, 0.6) is 0 Å². The molecule has 1 unspecified atom stereocenters. The third kappa shape index (κ3) is 4.52. The van der Waals surface area contributed by atoms with Gasteiger partial charge in [-0.2, -0.15) is 0 Å². The topological polar surface area (TPSA) is 83.5 Å². The van der Waals surface area contributed by atoms with Crippen LogP contribution in [0.3, 0.4) is 0 Å². The summed E-state index contributed by atoms with van der Waals surface area (Å²) in [4.78, 5) is 3.38. The van der Waals surface area contributed by atoms with Gasteiger partial charge >= 0.3 is 0 Å². The molecule has 0 saturated carbocycles. The molecule has 1 aromatic heterocycles. The number of sulfonamides is 1. The van der Waals surface area contributed by atoms with E-state index in [1.54, 1.807) is 11.3 Å². The minimum atomic E-state index is -3.80. The molecule has 1 aliphatic heterocycles. The Labute approximate surface area is 158 Å². The number of nitrogens with one attached hydrogen (secondary N) is 1. The lowest BCUT2D eigenvalue weighted by Gasteiger charge is -2.26. The molecule has 9 heteroatoms. The van der Waals surface area contributed by atoms with Gasteiger partial charge in [0.2, 0.25) is 10.0 Å². The van der Waals surface area contributed by atoms with Gasteiger partial charge in [-0.1, -0.05) is 12.1 Å². The quantitative estimate of drug-likeness (QED) is 0.751. The van der Waals surface area contributed by atoms with Crippen LogP contribution in [-0.2, 0) is 19.9 Å². The zero-order valence-electron chi connectivity index (χ0n) is 14.5. The Balaban J connectivity index is 1.80. The number of benzene rings is 1. The number of nitrogens with zero attached hydrogens (tertiary/aromatic N) is 1. The van der Waals surface area contributed by atoms with Crippen LogP contribution >= 0.6 is 11.3 Å². The van der Waals surface area contributed by atoms with Crippen LogP contribution in [0.15, 0.2) is 51.6 Å². The van der Waals surface area contributed by atoms with Gasteiger partial charge in [-0.25, -0.2) is 21.6 Å². The van der Waals surface area contributed by atoms with Gasteiger partial charge in [-0.05, 0) is 55.6 Å². The van der Waals surface area contributed by atoms with Crippen LogP contribution in [0.2, 0.25) is 0 Å². The van der Waals surface area contributed by atoms with Crippen molar-refractivity contribution in [3.05, 3.63) is 46.7 Å². The van der Waals surface area contributed by atoms with Crippen LogP contribution in [0.25, 0.3) is 0 Å². The average Bonchev–Trinajstić information content (AvgIpc) is 3.28. The number of rotatable bonds is 7. The highest BCUT2D eigenvalue weighted by Gasteiger charge is 2.26. The predicted molar refractivity (Wildman–Crippen MR) is 103 cm³/mol. The monoisotopic (exact) mass is 414 g/mol. The van der Waals surface area contributed by atoms with Gasteiger partial charge in [0, 0.05) is 17.7 Å². The van der Waals surface area contributed by atoms with Crippen molar-refractivity contribution in [1.82, 2.24) is 9.62 Å². The van der Waals surface area contributed by atoms with Crippen molar-refractivity contribution in [2.45, 2.75) is 28.7 Å². The van der Waals surface area contributed by atoms with Crippen LogP contribution in [0.1, 0.15) is 23.8 Å². The first kappa shape index (κ1) is 19.5. The second kappa shape index (κ2) is 7.77. The number of hydrogen-bond acceptors (Lipinski definition) is 6. The van der Waals surface area contributed by atoms with E-state index in [0.717, 1.165) is 37.1 Å². The SMILES string of the molecule is CS(=O)(=O)c1cccc(S(=O)(=O)NCC(c2cccs2)N2CCCC2)c1. The lowest BCUT2D eigenvalue weighted by Crippen LogP contribution is -2.36. The predicted octanol–water partition coefficient (Wildman–Crippen LogP) is 2.27. The summed E-state index contributed by atoms with van der Waals surface area (Å²) < 4.78 is 51.4. The van der Waals surface area contributed by atoms with Crippen molar-refractivity contribution in [2.24, 2.45) is 0 Å². The van der Waals surface area contributed by atoms with Crippen LogP contribution in [0.4, 0.5) is 0 Å². The number of hydrogen-bond donors (Lipinski definition) is 1. The first-order chi connectivity index (χ1) is 12.3. The first-order valence-electron chi connectivity index (χ1n) is 8.34. The van der Waals surface area contributed by atoms with Crippen molar-refractivity contribution in [3.63, 3.8) is 0 Å². The number of likely N-dealkylation sites (tertiary alicyclic amines) is 1. The van der Waals surface area contributed by atoms with Crippen molar-refractivity contribution < 1.29 is 16.8 Å². The van der Waals surface area contributed by atoms with Crippen molar-refractivity contribution in [2.75, 3.05) is 25.9 Å². The van der Waals surface area contributed by atoms with Crippen molar-refractivity contribution in [1.29, 1.82) is 0 Å². The molecule has 6 nitrogen and oxygen atoms in total. The summed E-state index contributed by atoms with van der Waals surface area (Å²) in [5.41, 5.74) is 0. The Morgan fingerprint density at radius 1 is 1.08 bits per heavy atom. The molecule has 1 fully saturated rings. The molecule has 0 spiro atoms. The van der Waals surface area contributed by atoms with Crippen molar-refractivity contribution in [3.8, 4) is 0 Å². The summed E-state index contributed by atoms with van der Waals surface area (Å²) in [5.74, 6) is 0. The number of thiophene rings is 1. The van der Waals surface area contributed by atoms with Gasteiger partial charge in [-0.3, -0.25) is 4.90 Å². The molecule has 0 bridgehead atoms. The van der Waals surface area contributed by atoms with E-state index in [9.17, 15) is 16.8 Å². The molecule has 3 rings (SSSR count). The fourth-order valence-corrected chi connectivity index (χ4v) is 5.77. The van der Waals surface area contributed by atoms with E-state index < -0.39 is 19.9 Å². The summed E-state index contributed by atoms with van der Waals surface area (Å²) in [7, 11) is -7.26. The van der Waals surface area contributed by atoms with Gasteiger partial charge in [-0.15, -0.1) is 11.3 Å². The molecule has 0 radical (unpaired) electrons. The molecule has 0 aliphatic carbocycles. The fourth-order valence-electron chi connectivity index (χ4n) is 3.09. The Kier molecular flexibility index (Phi) is 5.83. The lowest BCUT2D eigenvalue weighted by molar-refractivity contribution is 0.250. The second-order valence-electron chi connectivity index (χ2n) is 6.37. The molecule has 1 aliphatic rings. The standard InChI is InChI=1S/C17H22N2O4S3/c1-25(20,21)14-6-4-7-15(12-14)26(22,23)18-13-16(17-8-5-11-24-17)19-9-2-3-10-19/h4-8,11-12,16,18H,2-3,9-10,13H2,1H3. The Bertz CT molecular complexity index is 948. The molecular weight excluding hydrogens is 392 g/mol. The zero-order valence-corrected chi connectivity index (χ0v) is 16.9. The highest BCUT2D eigenvalue weighted by molar-refractivity contribution is 7.91. The summed E-state index contributed by atoms with van der Waals surface area (Å²) in [6.07, 6.45) is 3.29. The average molecular weight is 415 g/mol. The maximum absolute atomic E-state index is 12.7. The molecule has 1 aromatic carbocycles. The summed E-state index contributed by atoms with van der Waals surface area (Å²) >= 11 is 1.61. The Morgan fingerprint density at radius 2 is 1.77 bits per heavy atom. The third-order valence-corrected chi connectivity index (χ3v) is 7.97. The van der Waals surface area contributed by atoms with Gasteiger partial charge in [0.05, 0.1) is 15.8 Å². The Morgan fingerprint density at radius 3 is 2.38 bits per heavy atom. The highest BCUT2D eigenvalue weighted by atomic mass is 32.2. The molecule has 142 valence electrons. The minimum absolute atomic E-state index is 0.00488. The maximum Gasteiger partial charge on any atom is 0.240 e. The van der Waals surface area contributed by atoms with Crippen molar-refractivity contribution >= 4 is 31.2 Å². The zero-order chi connectivity index (χ0) is 18.8.